The molecule has 0 saturated carbocycles. The van der Waals surface area contributed by atoms with Crippen LogP contribution in [0.25, 0.3) is 0 Å². The summed E-state index contributed by atoms with van der Waals surface area (Å²) < 4.78 is 6.15. The van der Waals surface area contributed by atoms with E-state index in [1.807, 2.05) is 6.92 Å². The first-order valence-electron chi connectivity index (χ1n) is 5.49. The standard InChI is InChI=1S/C11H15ClN2O2S/c1-7(13)8-6-14(4-5-16-8)11(15)9-2-3-10(12)17-9/h2-3,7-8H,4-6,13H2,1H3. The molecule has 2 unspecified atom stereocenters. The van der Waals surface area contributed by atoms with Gasteiger partial charge in [-0.2, -0.15) is 0 Å². The van der Waals surface area contributed by atoms with Crippen molar-refractivity contribution in [2.24, 2.45) is 5.73 Å². The smallest absolute Gasteiger partial charge is 0.264 e. The minimum Gasteiger partial charge on any atom is -0.373 e. The Kier molecular flexibility index (Phi) is 4.04. The number of hydrogen-bond acceptors (Lipinski definition) is 4. The second kappa shape index (κ2) is 5.35. The topological polar surface area (TPSA) is 55.6 Å². The molecule has 2 rings (SSSR count). The Morgan fingerprint density at radius 3 is 3.06 bits per heavy atom. The molecule has 2 heterocycles. The van der Waals surface area contributed by atoms with Gasteiger partial charge in [0.15, 0.2) is 0 Å². The Bertz CT molecular complexity index is 408. The Morgan fingerprint density at radius 2 is 2.47 bits per heavy atom. The van der Waals surface area contributed by atoms with Crippen molar-refractivity contribution in [2.75, 3.05) is 19.7 Å². The monoisotopic (exact) mass is 274 g/mol. The highest BCUT2D eigenvalue weighted by Gasteiger charge is 2.27. The van der Waals surface area contributed by atoms with E-state index in [0.29, 0.717) is 28.9 Å². The van der Waals surface area contributed by atoms with E-state index in [0.717, 1.165) is 0 Å². The highest BCUT2D eigenvalue weighted by Crippen LogP contribution is 2.23. The molecule has 0 spiro atoms. The van der Waals surface area contributed by atoms with Crippen LogP contribution in [0.2, 0.25) is 4.34 Å². The fourth-order valence-electron chi connectivity index (χ4n) is 1.76. The number of carbonyl (C=O) groups is 1. The average molecular weight is 275 g/mol. The van der Waals surface area contributed by atoms with Crippen LogP contribution in [0, 0.1) is 0 Å². The first-order chi connectivity index (χ1) is 8.08. The maximum atomic E-state index is 12.2. The zero-order chi connectivity index (χ0) is 12.4. The molecule has 17 heavy (non-hydrogen) atoms. The van der Waals surface area contributed by atoms with Gasteiger partial charge in [0.25, 0.3) is 5.91 Å². The fraction of sp³-hybridized carbons (Fsp3) is 0.545. The molecule has 1 aliphatic rings. The predicted molar refractivity (Wildman–Crippen MR) is 68.6 cm³/mol. The van der Waals surface area contributed by atoms with E-state index in [4.69, 9.17) is 22.1 Å². The largest absolute Gasteiger partial charge is 0.373 e. The van der Waals surface area contributed by atoms with E-state index in [9.17, 15) is 4.79 Å². The summed E-state index contributed by atoms with van der Waals surface area (Å²) in [4.78, 5) is 14.6. The normalized spacial score (nSPS) is 22.5. The molecule has 1 amide bonds. The summed E-state index contributed by atoms with van der Waals surface area (Å²) in [7, 11) is 0. The van der Waals surface area contributed by atoms with E-state index in [1.165, 1.54) is 11.3 Å². The van der Waals surface area contributed by atoms with Crippen LogP contribution >= 0.6 is 22.9 Å². The molecule has 0 aromatic carbocycles. The summed E-state index contributed by atoms with van der Waals surface area (Å²) in [6.45, 7) is 3.58. The minimum atomic E-state index is -0.0804. The number of nitrogens with two attached hydrogens (primary N) is 1. The second-order valence-electron chi connectivity index (χ2n) is 4.12. The fourth-order valence-corrected chi connectivity index (χ4v) is 2.77. The highest BCUT2D eigenvalue weighted by molar-refractivity contribution is 7.17. The summed E-state index contributed by atoms with van der Waals surface area (Å²) in [5, 5.41) is 0. The van der Waals surface area contributed by atoms with Crippen molar-refractivity contribution in [1.29, 1.82) is 0 Å². The number of amides is 1. The summed E-state index contributed by atoms with van der Waals surface area (Å²) in [6, 6.07) is 3.42. The molecule has 2 N–H and O–H groups in total. The molecule has 1 aliphatic heterocycles. The van der Waals surface area contributed by atoms with Crippen molar-refractivity contribution < 1.29 is 9.53 Å². The first kappa shape index (κ1) is 12.8. The van der Waals surface area contributed by atoms with E-state index < -0.39 is 0 Å². The number of thiophene rings is 1. The lowest BCUT2D eigenvalue weighted by Gasteiger charge is -2.34. The summed E-state index contributed by atoms with van der Waals surface area (Å²) in [6.07, 6.45) is -0.0804. The number of halogens is 1. The average Bonchev–Trinajstić information content (AvgIpc) is 2.75. The lowest BCUT2D eigenvalue weighted by molar-refractivity contribution is -0.0298. The zero-order valence-corrected chi connectivity index (χ0v) is 11.1. The van der Waals surface area contributed by atoms with Gasteiger partial charge < -0.3 is 15.4 Å². The van der Waals surface area contributed by atoms with Gasteiger partial charge in [-0.25, -0.2) is 0 Å². The lowest BCUT2D eigenvalue weighted by atomic mass is 10.1. The predicted octanol–water partition coefficient (Wildman–Crippen LogP) is 1.59. The molecule has 6 heteroatoms. The molecule has 1 saturated heterocycles. The van der Waals surface area contributed by atoms with Gasteiger partial charge in [0.2, 0.25) is 0 Å². The van der Waals surface area contributed by atoms with Gasteiger partial charge in [-0.3, -0.25) is 4.79 Å². The van der Waals surface area contributed by atoms with Crippen LogP contribution in [-0.4, -0.2) is 42.6 Å². The van der Waals surface area contributed by atoms with Crippen molar-refractivity contribution >= 4 is 28.8 Å². The number of carbonyl (C=O) groups excluding carboxylic acids is 1. The molecule has 94 valence electrons. The Hall–Kier alpha value is -0.620. The minimum absolute atomic E-state index is 0.0100. The van der Waals surface area contributed by atoms with Crippen molar-refractivity contribution in [3.8, 4) is 0 Å². The Balaban J connectivity index is 2.04. The van der Waals surface area contributed by atoms with Crippen LogP contribution in [0.15, 0.2) is 12.1 Å². The van der Waals surface area contributed by atoms with Crippen LogP contribution < -0.4 is 5.73 Å². The molecule has 2 atom stereocenters. The number of nitrogens with zero attached hydrogens (tertiary/aromatic N) is 1. The lowest BCUT2D eigenvalue weighted by Crippen LogP contribution is -2.51. The van der Waals surface area contributed by atoms with Gasteiger partial charge in [-0.15, -0.1) is 11.3 Å². The van der Waals surface area contributed by atoms with E-state index >= 15 is 0 Å². The third-order valence-corrected chi connectivity index (χ3v) is 3.97. The van der Waals surface area contributed by atoms with Crippen LogP contribution in [0.5, 0.6) is 0 Å². The van der Waals surface area contributed by atoms with Gasteiger partial charge in [-0.05, 0) is 19.1 Å². The summed E-state index contributed by atoms with van der Waals surface area (Å²) in [5.74, 6) is 0.0100. The third kappa shape index (κ3) is 2.98. The van der Waals surface area contributed by atoms with Crippen molar-refractivity contribution in [3.05, 3.63) is 21.3 Å². The van der Waals surface area contributed by atoms with Crippen molar-refractivity contribution in [2.45, 2.75) is 19.1 Å². The maximum absolute atomic E-state index is 12.2. The van der Waals surface area contributed by atoms with Crippen molar-refractivity contribution in [1.82, 2.24) is 4.90 Å². The molecular weight excluding hydrogens is 260 g/mol. The van der Waals surface area contributed by atoms with Gasteiger partial charge >= 0.3 is 0 Å². The van der Waals surface area contributed by atoms with Crippen molar-refractivity contribution in [3.63, 3.8) is 0 Å². The van der Waals surface area contributed by atoms with Gasteiger partial charge in [0.1, 0.15) is 0 Å². The van der Waals surface area contributed by atoms with E-state index in [1.54, 1.807) is 17.0 Å². The molecule has 0 bridgehead atoms. The molecule has 0 aliphatic carbocycles. The molecule has 1 fully saturated rings. The molecule has 0 radical (unpaired) electrons. The quantitative estimate of drug-likeness (QED) is 0.891. The molecule has 1 aromatic rings. The molecular formula is C11H15ClN2O2S. The summed E-state index contributed by atoms with van der Waals surface area (Å²) in [5.41, 5.74) is 5.79. The van der Waals surface area contributed by atoms with Crippen LogP contribution in [0.3, 0.4) is 0 Å². The van der Waals surface area contributed by atoms with Gasteiger partial charge in [-0.1, -0.05) is 11.6 Å². The number of ether oxygens (including phenoxy) is 1. The summed E-state index contributed by atoms with van der Waals surface area (Å²) >= 11 is 7.13. The van der Waals surface area contributed by atoms with E-state index in [-0.39, 0.29) is 18.1 Å². The van der Waals surface area contributed by atoms with Crippen LogP contribution in [-0.2, 0) is 4.74 Å². The molecule has 4 nitrogen and oxygen atoms in total. The Morgan fingerprint density at radius 1 is 1.71 bits per heavy atom. The van der Waals surface area contributed by atoms with Gasteiger partial charge in [0.05, 0.1) is 21.9 Å². The highest BCUT2D eigenvalue weighted by atomic mass is 35.5. The van der Waals surface area contributed by atoms with Crippen LogP contribution in [0.4, 0.5) is 0 Å². The first-order valence-corrected chi connectivity index (χ1v) is 6.69. The number of hydrogen-bond donors (Lipinski definition) is 1. The molecule has 1 aromatic heterocycles. The SMILES string of the molecule is CC(N)C1CN(C(=O)c2ccc(Cl)s2)CCO1. The van der Waals surface area contributed by atoms with E-state index in [2.05, 4.69) is 0 Å². The second-order valence-corrected chi connectivity index (χ2v) is 5.84. The third-order valence-electron chi connectivity index (χ3n) is 2.75. The number of rotatable bonds is 2. The zero-order valence-electron chi connectivity index (χ0n) is 9.56. The number of morpholine rings is 1. The maximum Gasteiger partial charge on any atom is 0.264 e. The Labute approximate surface area is 109 Å². The van der Waals surface area contributed by atoms with Crippen LogP contribution in [0.1, 0.15) is 16.6 Å². The van der Waals surface area contributed by atoms with Gasteiger partial charge in [0, 0.05) is 19.1 Å².